The van der Waals surface area contributed by atoms with Crippen molar-refractivity contribution in [2.75, 3.05) is 26.2 Å². The van der Waals surface area contributed by atoms with Crippen molar-refractivity contribution in [3.63, 3.8) is 0 Å². The van der Waals surface area contributed by atoms with Gasteiger partial charge in [-0.2, -0.15) is 0 Å². The molecule has 0 unspecified atom stereocenters. The normalized spacial score (nSPS) is 27.9. The summed E-state index contributed by atoms with van der Waals surface area (Å²) in [6, 6.07) is 0. The monoisotopic (exact) mass is 196 g/mol. The van der Waals surface area contributed by atoms with Crippen LogP contribution in [0, 0.1) is 5.92 Å². The molecule has 1 aliphatic carbocycles. The van der Waals surface area contributed by atoms with Crippen LogP contribution in [0.1, 0.15) is 39.5 Å². The Morgan fingerprint density at radius 2 is 2.00 bits per heavy atom. The summed E-state index contributed by atoms with van der Waals surface area (Å²) in [5.74, 6) is 1.03. The van der Waals surface area contributed by atoms with E-state index in [0.29, 0.717) is 5.54 Å². The SMILES string of the molecule is CCC1(CC)CNCCN1CC1CC1. The van der Waals surface area contributed by atoms with E-state index in [9.17, 15) is 0 Å². The Hall–Kier alpha value is -0.0800. The molecule has 82 valence electrons. The molecule has 0 aromatic heterocycles. The van der Waals surface area contributed by atoms with Crippen molar-refractivity contribution in [1.29, 1.82) is 0 Å². The molecule has 0 radical (unpaired) electrons. The molecule has 0 amide bonds. The molecular formula is C12H24N2. The first kappa shape index (κ1) is 10.4. The lowest BCUT2D eigenvalue weighted by Crippen LogP contribution is -2.61. The van der Waals surface area contributed by atoms with E-state index in [1.54, 1.807) is 0 Å². The van der Waals surface area contributed by atoms with E-state index in [2.05, 4.69) is 24.1 Å². The van der Waals surface area contributed by atoms with Crippen LogP contribution in [0.5, 0.6) is 0 Å². The number of nitrogens with one attached hydrogen (secondary N) is 1. The first-order chi connectivity index (χ1) is 6.80. The number of nitrogens with zero attached hydrogens (tertiary/aromatic N) is 1. The van der Waals surface area contributed by atoms with Gasteiger partial charge >= 0.3 is 0 Å². The van der Waals surface area contributed by atoms with Crippen LogP contribution in [-0.4, -0.2) is 36.6 Å². The van der Waals surface area contributed by atoms with Gasteiger partial charge in [-0.1, -0.05) is 13.8 Å². The molecule has 2 nitrogen and oxygen atoms in total. The third-order valence-corrected chi connectivity index (χ3v) is 4.18. The zero-order valence-electron chi connectivity index (χ0n) is 9.68. The molecule has 2 heteroatoms. The number of hydrogen-bond donors (Lipinski definition) is 1. The Balaban J connectivity index is 2.00. The summed E-state index contributed by atoms with van der Waals surface area (Å²) in [4.78, 5) is 2.77. The molecule has 0 spiro atoms. The molecule has 14 heavy (non-hydrogen) atoms. The van der Waals surface area contributed by atoms with Crippen molar-refractivity contribution in [1.82, 2.24) is 10.2 Å². The summed E-state index contributed by atoms with van der Waals surface area (Å²) in [6.45, 7) is 9.70. The topological polar surface area (TPSA) is 15.3 Å². The van der Waals surface area contributed by atoms with Gasteiger partial charge in [0.1, 0.15) is 0 Å². The molecule has 1 aliphatic heterocycles. The summed E-state index contributed by atoms with van der Waals surface area (Å²) in [5, 5.41) is 3.56. The largest absolute Gasteiger partial charge is 0.314 e. The van der Waals surface area contributed by atoms with Crippen molar-refractivity contribution in [2.24, 2.45) is 5.92 Å². The minimum absolute atomic E-state index is 0.473. The van der Waals surface area contributed by atoms with E-state index in [-0.39, 0.29) is 0 Å². The van der Waals surface area contributed by atoms with E-state index >= 15 is 0 Å². The number of hydrogen-bond acceptors (Lipinski definition) is 2. The molecule has 1 N–H and O–H groups in total. The Morgan fingerprint density at radius 3 is 2.57 bits per heavy atom. The molecule has 2 rings (SSSR count). The average Bonchev–Trinajstić information content (AvgIpc) is 3.03. The molecule has 2 aliphatic rings. The lowest BCUT2D eigenvalue weighted by molar-refractivity contribution is 0.0478. The molecule has 1 saturated heterocycles. The smallest absolute Gasteiger partial charge is 0.0329 e. The van der Waals surface area contributed by atoms with E-state index < -0.39 is 0 Å². The van der Waals surface area contributed by atoms with Gasteiger partial charge in [0, 0.05) is 31.7 Å². The molecule has 0 atom stereocenters. The van der Waals surface area contributed by atoms with Crippen LogP contribution < -0.4 is 5.32 Å². The van der Waals surface area contributed by atoms with Crippen molar-refractivity contribution < 1.29 is 0 Å². The maximum Gasteiger partial charge on any atom is 0.0329 e. The molecule has 0 bridgehead atoms. The fourth-order valence-corrected chi connectivity index (χ4v) is 2.73. The predicted molar refractivity (Wildman–Crippen MR) is 60.5 cm³/mol. The highest BCUT2D eigenvalue weighted by Crippen LogP contribution is 2.34. The van der Waals surface area contributed by atoms with Gasteiger partial charge in [-0.05, 0) is 31.6 Å². The zero-order chi connectivity index (χ0) is 10.0. The molecule has 2 fully saturated rings. The average molecular weight is 196 g/mol. The van der Waals surface area contributed by atoms with Crippen molar-refractivity contribution in [2.45, 2.75) is 45.1 Å². The summed E-state index contributed by atoms with van der Waals surface area (Å²) in [5.41, 5.74) is 0.473. The summed E-state index contributed by atoms with van der Waals surface area (Å²) < 4.78 is 0. The van der Waals surface area contributed by atoms with Gasteiger partial charge in [0.15, 0.2) is 0 Å². The third-order valence-electron chi connectivity index (χ3n) is 4.18. The van der Waals surface area contributed by atoms with Crippen LogP contribution in [0.4, 0.5) is 0 Å². The highest BCUT2D eigenvalue weighted by molar-refractivity contribution is 4.96. The maximum absolute atomic E-state index is 3.56. The summed E-state index contributed by atoms with van der Waals surface area (Å²) >= 11 is 0. The zero-order valence-corrected chi connectivity index (χ0v) is 9.68. The van der Waals surface area contributed by atoms with Crippen LogP contribution >= 0.6 is 0 Å². The second kappa shape index (κ2) is 4.19. The van der Waals surface area contributed by atoms with Gasteiger partial charge in [0.05, 0.1) is 0 Å². The van der Waals surface area contributed by atoms with Gasteiger partial charge in [0.2, 0.25) is 0 Å². The molecule has 1 saturated carbocycles. The van der Waals surface area contributed by atoms with E-state index in [1.807, 2.05) is 0 Å². The van der Waals surface area contributed by atoms with Gasteiger partial charge in [-0.25, -0.2) is 0 Å². The van der Waals surface area contributed by atoms with Crippen molar-refractivity contribution in [3.8, 4) is 0 Å². The van der Waals surface area contributed by atoms with Crippen LogP contribution in [0.25, 0.3) is 0 Å². The van der Waals surface area contributed by atoms with Crippen LogP contribution in [0.3, 0.4) is 0 Å². The highest BCUT2D eigenvalue weighted by atomic mass is 15.3. The fourth-order valence-electron chi connectivity index (χ4n) is 2.73. The Labute approximate surface area is 88.1 Å². The lowest BCUT2D eigenvalue weighted by atomic mass is 9.88. The van der Waals surface area contributed by atoms with Gasteiger partial charge < -0.3 is 5.32 Å². The molecular weight excluding hydrogens is 172 g/mol. The van der Waals surface area contributed by atoms with Crippen LogP contribution in [0.15, 0.2) is 0 Å². The van der Waals surface area contributed by atoms with Gasteiger partial charge in [-0.3, -0.25) is 4.90 Å². The predicted octanol–water partition coefficient (Wildman–Crippen LogP) is 1.86. The summed E-state index contributed by atoms with van der Waals surface area (Å²) in [6.07, 6.45) is 5.55. The van der Waals surface area contributed by atoms with Crippen molar-refractivity contribution in [3.05, 3.63) is 0 Å². The van der Waals surface area contributed by atoms with Gasteiger partial charge in [0.25, 0.3) is 0 Å². The fraction of sp³-hybridized carbons (Fsp3) is 1.00. The molecule has 0 aromatic rings. The van der Waals surface area contributed by atoms with Crippen LogP contribution in [-0.2, 0) is 0 Å². The second-order valence-electron chi connectivity index (χ2n) is 5.00. The first-order valence-corrected chi connectivity index (χ1v) is 6.26. The Morgan fingerprint density at radius 1 is 1.29 bits per heavy atom. The first-order valence-electron chi connectivity index (χ1n) is 6.26. The van der Waals surface area contributed by atoms with E-state index in [1.165, 1.54) is 51.9 Å². The van der Waals surface area contributed by atoms with E-state index in [4.69, 9.17) is 0 Å². The van der Waals surface area contributed by atoms with Crippen LogP contribution in [0.2, 0.25) is 0 Å². The molecule has 0 aromatic carbocycles. The number of rotatable bonds is 4. The minimum atomic E-state index is 0.473. The standard InChI is InChI=1S/C12H24N2/c1-3-12(4-2)10-13-7-8-14(12)9-11-5-6-11/h11,13H,3-10H2,1-2H3. The maximum atomic E-state index is 3.56. The highest BCUT2D eigenvalue weighted by Gasteiger charge is 2.38. The van der Waals surface area contributed by atoms with E-state index in [0.717, 1.165) is 5.92 Å². The number of piperazine rings is 1. The second-order valence-corrected chi connectivity index (χ2v) is 5.00. The molecule has 1 heterocycles. The lowest BCUT2D eigenvalue weighted by Gasteiger charge is -2.47. The van der Waals surface area contributed by atoms with Gasteiger partial charge in [-0.15, -0.1) is 0 Å². The summed E-state index contributed by atoms with van der Waals surface area (Å²) in [7, 11) is 0. The minimum Gasteiger partial charge on any atom is -0.314 e. The quantitative estimate of drug-likeness (QED) is 0.738. The Bertz CT molecular complexity index is 183. The van der Waals surface area contributed by atoms with Crippen molar-refractivity contribution >= 4 is 0 Å². The Kier molecular flexibility index (Phi) is 3.13. The third kappa shape index (κ3) is 1.96.